The molecule has 1 unspecified atom stereocenters. The van der Waals surface area contributed by atoms with Gasteiger partial charge in [0.05, 0.1) is 12.7 Å². The minimum Gasteiger partial charge on any atom is -0.375 e. The lowest BCUT2D eigenvalue weighted by Gasteiger charge is -2.29. The van der Waals surface area contributed by atoms with E-state index in [0.29, 0.717) is 17.9 Å². The van der Waals surface area contributed by atoms with Gasteiger partial charge in [0.15, 0.2) is 0 Å². The van der Waals surface area contributed by atoms with Gasteiger partial charge in [0.1, 0.15) is 6.04 Å². The molecule has 0 radical (unpaired) electrons. The molecule has 16 heavy (non-hydrogen) atoms. The summed E-state index contributed by atoms with van der Waals surface area (Å²) in [6.45, 7) is 8.69. The van der Waals surface area contributed by atoms with Gasteiger partial charge in [-0.2, -0.15) is 0 Å². The van der Waals surface area contributed by atoms with Crippen LogP contribution in [0.4, 0.5) is 0 Å². The lowest BCUT2D eigenvalue weighted by Crippen LogP contribution is -2.55. The quantitative estimate of drug-likeness (QED) is 0.738. The molecule has 0 aromatic carbocycles. The third-order valence-corrected chi connectivity index (χ3v) is 3.84. The van der Waals surface area contributed by atoms with Gasteiger partial charge in [-0.05, 0) is 24.7 Å². The van der Waals surface area contributed by atoms with E-state index in [1.54, 1.807) is 0 Å². The smallest absolute Gasteiger partial charge is 0.239 e. The molecule has 3 atom stereocenters. The van der Waals surface area contributed by atoms with Crippen LogP contribution in [0.5, 0.6) is 0 Å². The molecule has 4 heteroatoms. The fourth-order valence-corrected chi connectivity index (χ4v) is 2.29. The molecule has 2 rings (SSSR count). The Morgan fingerprint density at radius 1 is 1.56 bits per heavy atom. The largest absolute Gasteiger partial charge is 0.375 e. The van der Waals surface area contributed by atoms with Crippen LogP contribution in [0, 0.1) is 11.3 Å². The number of hydrogen-bond acceptors (Lipinski definition) is 3. The van der Waals surface area contributed by atoms with Crippen molar-refractivity contribution in [3.63, 3.8) is 0 Å². The molecule has 0 bridgehead atoms. The van der Waals surface area contributed by atoms with Crippen LogP contribution in [-0.4, -0.2) is 37.7 Å². The SMILES string of the molecule is C[C@H]1OCCN[C@@H]1C(=O)NCC1CC1(C)C. The van der Waals surface area contributed by atoms with E-state index in [0.717, 1.165) is 13.1 Å². The molecular weight excluding hydrogens is 204 g/mol. The predicted octanol–water partition coefficient (Wildman–Crippen LogP) is 0.526. The molecule has 1 aliphatic heterocycles. The van der Waals surface area contributed by atoms with Crippen molar-refractivity contribution in [3.05, 3.63) is 0 Å². The Hall–Kier alpha value is -0.610. The van der Waals surface area contributed by atoms with Crippen LogP contribution in [0.25, 0.3) is 0 Å². The van der Waals surface area contributed by atoms with E-state index in [1.807, 2.05) is 6.92 Å². The Morgan fingerprint density at radius 3 is 2.81 bits per heavy atom. The first-order valence-corrected chi connectivity index (χ1v) is 6.13. The molecule has 1 amide bonds. The average molecular weight is 226 g/mol. The number of nitrogens with one attached hydrogen (secondary N) is 2. The molecule has 1 heterocycles. The minimum atomic E-state index is -0.185. The van der Waals surface area contributed by atoms with Crippen LogP contribution >= 0.6 is 0 Å². The summed E-state index contributed by atoms with van der Waals surface area (Å²) in [4.78, 5) is 11.9. The zero-order valence-corrected chi connectivity index (χ0v) is 10.4. The van der Waals surface area contributed by atoms with Crippen molar-refractivity contribution in [2.24, 2.45) is 11.3 Å². The highest BCUT2D eigenvalue weighted by Gasteiger charge is 2.45. The van der Waals surface area contributed by atoms with Gasteiger partial charge in [-0.3, -0.25) is 4.79 Å². The monoisotopic (exact) mass is 226 g/mol. The van der Waals surface area contributed by atoms with E-state index in [2.05, 4.69) is 24.5 Å². The normalized spacial score (nSPS) is 36.8. The second-order valence-electron chi connectivity index (χ2n) is 5.64. The number of carbonyl (C=O) groups is 1. The summed E-state index contributed by atoms with van der Waals surface area (Å²) in [6, 6.07) is -0.185. The third-order valence-electron chi connectivity index (χ3n) is 3.84. The average Bonchev–Trinajstić information content (AvgIpc) is 2.84. The first kappa shape index (κ1) is 11.9. The fraction of sp³-hybridized carbons (Fsp3) is 0.917. The maximum atomic E-state index is 11.9. The van der Waals surface area contributed by atoms with Crippen LogP contribution in [0.1, 0.15) is 27.2 Å². The zero-order valence-electron chi connectivity index (χ0n) is 10.4. The number of hydrogen-bond donors (Lipinski definition) is 2. The highest BCUT2D eigenvalue weighted by atomic mass is 16.5. The molecular formula is C12H22N2O2. The van der Waals surface area contributed by atoms with Crippen molar-refractivity contribution < 1.29 is 9.53 Å². The Bertz CT molecular complexity index is 278. The summed E-state index contributed by atoms with van der Waals surface area (Å²) < 4.78 is 5.45. The minimum absolute atomic E-state index is 0.0269. The van der Waals surface area contributed by atoms with Gasteiger partial charge in [0.2, 0.25) is 5.91 Å². The molecule has 92 valence electrons. The van der Waals surface area contributed by atoms with E-state index in [-0.39, 0.29) is 18.1 Å². The molecule has 1 saturated carbocycles. The van der Waals surface area contributed by atoms with E-state index in [9.17, 15) is 4.79 Å². The number of ether oxygens (including phenoxy) is 1. The third kappa shape index (κ3) is 2.55. The summed E-state index contributed by atoms with van der Waals surface area (Å²) >= 11 is 0. The van der Waals surface area contributed by atoms with Crippen LogP contribution in [0.15, 0.2) is 0 Å². The zero-order chi connectivity index (χ0) is 11.8. The van der Waals surface area contributed by atoms with E-state index >= 15 is 0 Å². The van der Waals surface area contributed by atoms with Crippen molar-refractivity contribution in [1.82, 2.24) is 10.6 Å². The van der Waals surface area contributed by atoms with Crippen LogP contribution in [0.3, 0.4) is 0 Å². The first-order valence-electron chi connectivity index (χ1n) is 6.13. The second-order valence-corrected chi connectivity index (χ2v) is 5.64. The molecule has 1 aliphatic carbocycles. The molecule has 4 nitrogen and oxygen atoms in total. The van der Waals surface area contributed by atoms with Crippen LogP contribution in [0.2, 0.25) is 0 Å². The Kier molecular flexibility index (Phi) is 3.22. The Balaban J connectivity index is 1.75. The van der Waals surface area contributed by atoms with Gasteiger partial charge in [-0.1, -0.05) is 13.8 Å². The van der Waals surface area contributed by atoms with Gasteiger partial charge in [-0.25, -0.2) is 0 Å². The molecule has 2 aliphatic rings. The van der Waals surface area contributed by atoms with Crippen molar-refractivity contribution in [2.75, 3.05) is 19.7 Å². The topological polar surface area (TPSA) is 50.4 Å². The number of rotatable bonds is 3. The lowest BCUT2D eigenvalue weighted by atomic mass is 10.1. The Morgan fingerprint density at radius 2 is 2.25 bits per heavy atom. The maximum absolute atomic E-state index is 11.9. The molecule has 1 saturated heterocycles. The van der Waals surface area contributed by atoms with Crippen LogP contribution in [-0.2, 0) is 9.53 Å². The number of carbonyl (C=O) groups excluding carboxylic acids is 1. The molecule has 2 fully saturated rings. The van der Waals surface area contributed by atoms with Gasteiger partial charge < -0.3 is 15.4 Å². The summed E-state index contributed by atoms with van der Waals surface area (Å²) in [7, 11) is 0. The van der Waals surface area contributed by atoms with Gasteiger partial charge in [0.25, 0.3) is 0 Å². The van der Waals surface area contributed by atoms with Gasteiger partial charge >= 0.3 is 0 Å². The summed E-state index contributed by atoms with van der Waals surface area (Å²) in [5.41, 5.74) is 0.426. The number of amides is 1. The lowest BCUT2D eigenvalue weighted by molar-refractivity contribution is -0.129. The van der Waals surface area contributed by atoms with Crippen LogP contribution < -0.4 is 10.6 Å². The number of morpholine rings is 1. The molecule has 2 N–H and O–H groups in total. The van der Waals surface area contributed by atoms with E-state index < -0.39 is 0 Å². The van der Waals surface area contributed by atoms with Crippen molar-refractivity contribution in [1.29, 1.82) is 0 Å². The highest BCUT2D eigenvalue weighted by molar-refractivity contribution is 5.82. The predicted molar refractivity (Wildman–Crippen MR) is 62.1 cm³/mol. The fourth-order valence-electron chi connectivity index (χ4n) is 2.29. The van der Waals surface area contributed by atoms with Crippen molar-refractivity contribution in [3.8, 4) is 0 Å². The molecule has 0 aromatic rings. The molecule has 0 spiro atoms. The van der Waals surface area contributed by atoms with E-state index in [1.165, 1.54) is 6.42 Å². The maximum Gasteiger partial charge on any atom is 0.239 e. The summed E-state index contributed by atoms with van der Waals surface area (Å²) in [5.74, 6) is 0.728. The van der Waals surface area contributed by atoms with E-state index in [4.69, 9.17) is 4.74 Å². The summed E-state index contributed by atoms with van der Waals surface area (Å²) in [6.07, 6.45) is 1.19. The second kappa shape index (κ2) is 4.34. The van der Waals surface area contributed by atoms with Gasteiger partial charge in [-0.15, -0.1) is 0 Å². The summed E-state index contributed by atoms with van der Waals surface area (Å²) in [5, 5.41) is 6.22. The van der Waals surface area contributed by atoms with Crippen molar-refractivity contribution >= 4 is 5.91 Å². The Labute approximate surface area is 97.1 Å². The van der Waals surface area contributed by atoms with Crippen molar-refractivity contribution in [2.45, 2.75) is 39.3 Å². The highest BCUT2D eigenvalue weighted by Crippen LogP contribution is 2.50. The van der Waals surface area contributed by atoms with Gasteiger partial charge in [0, 0.05) is 13.1 Å². The standard InChI is InChI=1S/C12H22N2O2/c1-8-10(13-4-5-16-8)11(15)14-7-9-6-12(9,2)3/h8-10,13H,4-7H2,1-3H3,(H,14,15)/t8-,9?,10+/m1/s1. The molecule has 0 aromatic heterocycles. The first-order chi connectivity index (χ1) is 7.50.